The highest BCUT2D eigenvalue weighted by Crippen LogP contribution is 2.40. The fourth-order valence-electron chi connectivity index (χ4n) is 3.60. The number of rotatable bonds is 11. The first-order chi connectivity index (χ1) is 17.7. The van der Waals surface area contributed by atoms with Crippen LogP contribution in [0.3, 0.4) is 0 Å². The van der Waals surface area contributed by atoms with E-state index >= 15 is 0 Å². The highest BCUT2D eigenvalue weighted by molar-refractivity contribution is 7.92. The van der Waals surface area contributed by atoms with E-state index in [0.717, 1.165) is 5.56 Å². The summed E-state index contributed by atoms with van der Waals surface area (Å²) in [6.07, 6.45) is 3.44. The van der Waals surface area contributed by atoms with Gasteiger partial charge in [0.25, 0.3) is 10.0 Å². The number of nitrogens with one attached hydrogen (secondary N) is 1. The van der Waals surface area contributed by atoms with Crippen LogP contribution in [0.15, 0.2) is 47.4 Å². The molecule has 10 nitrogen and oxygen atoms in total. The second kappa shape index (κ2) is 11.7. The molecule has 3 aromatic rings. The number of aromatic hydroxyl groups is 1. The smallest absolute Gasteiger partial charge is 0.262 e. The molecule has 2 N–H and O–H groups in total. The molecule has 0 aliphatic heterocycles. The van der Waals surface area contributed by atoms with E-state index in [9.17, 15) is 13.5 Å². The Morgan fingerprint density at radius 3 is 1.70 bits per heavy atom. The number of anilines is 1. The van der Waals surface area contributed by atoms with Crippen LogP contribution < -0.4 is 33.1 Å². The zero-order chi connectivity index (χ0) is 27.2. The molecule has 0 saturated heterocycles. The average molecular weight is 532 g/mol. The molecule has 37 heavy (non-hydrogen) atoms. The Hall–Kier alpha value is -4.25. The summed E-state index contributed by atoms with van der Waals surface area (Å²) in [6, 6.07) is 10.7. The summed E-state index contributed by atoms with van der Waals surface area (Å²) in [7, 11) is 4.66. The standard InChI is InChI=1S/C26H29NO9S/c1-31-21-10-9-18(15-22(21)32-2)37(29,30)27-19-11-16(12-20(28)25(19)35-5)7-8-17-13-23(33-3)26(36-6)24(14-17)34-4/h7-15,27-28H,1-6H3/b8-7-. The molecule has 11 heteroatoms. The molecule has 3 rings (SSSR count). The minimum Gasteiger partial charge on any atom is -0.504 e. The lowest BCUT2D eigenvalue weighted by molar-refractivity contribution is 0.324. The quantitative estimate of drug-likeness (QED) is 0.346. The number of hydrogen-bond acceptors (Lipinski definition) is 9. The second-order valence-electron chi connectivity index (χ2n) is 7.54. The van der Waals surface area contributed by atoms with Crippen LogP contribution in [0.1, 0.15) is 11.1 Å². The van der Waals surface area contributed by atoms with Gasteiger partial charge in [0, 0.05) is 6.07 Å². The highest BCUT2D eigenvalue weighted by Gasteiger charge is 2.21. The van der Waals surface area contributed by atoms with Gasteiger partial charge in [0.2, 0.25) is 5.75 Å². The molecule has 0 bridgehead atoms. The molecular formula is C26H29NO9S. The van der Waals surface area contributed by atoms with E-state index in [-0.39, 0.29) is 27.8 Å². The number of hydrogen-bond donors (Lipinski definition) is 2. The number of methoxy groups -OCH3 is 6. The summed E-state index contributed by atoms with van der Waals surface area (Å²) in [6.45, 7) is 0. The fraction of sp³-hybridized carbons (Fsp3) is 0.231. The Kier molecular flexibility index (Phi) is 8.61. The molecule has 0 aliphatic rings. The Bertz CT molecular complexity index is 1380. The van der Waals surface area contributed by atoms with Crippen LogP contribution in [0, 0.1) is 0 Å². The summed E-state index contributed by atoms with van der Waals surface area (Å²) in [4.78, 5) is -0.0648. The van der Waals surface area contributed by atoms with E-state index in [1.54, 1.807) is 24.3 Å². The van der Waals surface area contributed by atoms with Crippen molar-refractivity contribution in [2.24, 2.45) is 0 Å². The molecule has 0 spiro atoms. The lowest BCUT2D eigenvalue weighted by Gasteiger charge is -2.15. The third kappa shape index (κ3) is 5.95. The van der Waals surface area contributed by atoms with Gasteiger partial charge in [-0.05, 0) is 47.5 Å². The summed E-state index contributed by atoms with van der Waals surface area (Å²) >= 11 is 0. The Balaban J connectivity index is 2.00. The number of benzene rings is 3. The zero-order valence-corrected chi connectivity index (χ0v) is 22.1. The normalized spacial score (nSPS) is 11.2. The molecule has 0 aliphatic carbocycles. The van der Waals surface area contributed by atoms with E-state index < -0.39 is 10.0 Å². The van der Waals surface area contributed by atoms with Gasteiger partial charge in [-0.15, -0.1) is 0 Å². The molecule has 0 amide bonds. The topological polar surface area (TPSA) is 122 Å². The van der Waals surface area contributed by atoms with Crippen LogP contribution >= 0.6 is 0 Å². The number of sulfonamides is 1. The van der Waals surface area contributed by atoms with Gasteiger partial charge in [-0.2, -0.15) is 0 Å². The van der Waals surface area contributed by atoms with Crippen molar-refractivity contribution in [1.29, 1.82) is 0 Å². The summed E-state index contributed by atoms with van der Waals surface area (Å²) < 4.78 is 60.5. The van der Waals surface area contributed by atoms with E-state index in [4.69, 9.17) is 28.4 Å². The number of ether oxygens (including phenoxy) is 6. The zero-order valence-electron chi connectivity index (χ0n) is 21.3. The van der Waals surface area contributed by atoms with Gasteiger partial charge in [0.15, 0.2) is 34.5 Å². The van der Waals surface area contributed by atoms with Crippen LogP contribution in [0.2, 0.25) is 0 Å². The van der Waals surface area contributed by atoms with E-state index in [2.05, 4.69) is 4.72 Å². The first-order valence-corrected chi connectivity index (χ1v) is 12.3. The predicted molar refractivity (Wildman–Crippen MR) is 140 cm³/mol. The van der Waals surface area contributed by atoms with Crippen molar-refractivity contribution in [3.63, 3.8) is 0 Å². The van der Waals surface area contributed by atoms with Gasteiger partial charge >= 0.3 is 0 Å². The van der Waals surface area contributed by atoms with Gasteiger partial charge in [0.1, 0.15) is 0 Å². The molecule has 0 saturated carbocycles. The average Bonchev–Trinajstić information content (AvgIpc) is 2.90. The maximum Gasteiger partial charge on any atom is 0.262 e. The van der Waals surface area contributed by atoms with Crippen molar-refractivity contribution >= 4 is 27.9 Å². The van der Waals surface area contributed by atoms with Crippen LogP contribution in [0.5, 0.6) is 40.2 Å². The Morgan fingerprint density at radius 1 is 0.649 bits per heavy atom. The van der Waals surface area contributed by atoms with Gasteiger partial charge in [-0.25, -0.2) is 8.42 Å². The molecule has 0 fully saturated rings. The molecule has 0 unspecified atom stereocenters. The minimum absolute atomic E-state index is 0.0333. The molecule has 3 aromatic carbocycles. The summed E-state index contributed by atoms with van der Waals surface area (Å²) in [5.41, 5.74) is 1.26. The van der Waals surface area contributed by atoms with Crippen LogP contribution in [-0.4, -0.2) is 56.2 Å². The molecule has 0 radical (unpaired) electrons. The van der Waals surface area contributed by atoms with E-state index in [1.165, 1.54) is 73.0 Å². The molecular weight excluding hydrogens is 502 g/mol. The van der Waals surface area contributed by atoms with Gasteiger partial charge < -0.3 is 33.5 Å². The van der Waals surface area contributed by atoms with Crippen LogP contribution in [0.4, 0.5) is 5.69 Å². The van der Waals surface area contributed by atoms with Crippen molar-refractivity contribution in [1.82, 2.24) is 0 Å². The monoisotopic (exact) mass is 531 g/mol. The third-order valence-corrected chi connectivity index (χ3v) is 6.72. The van der Waals surface area contributed by atoms with Crippen molar-refractivity contribution < 1.29 is 41.9 Å². The lowest BCUT2D eigenvalue weighted by atomic mass is 10.1. The predicted octanol–water partition coefficient (Wildman–Crippen LogP) is 4.42. The van der Waals surface area contributed by atoms with E-state index in [1.807, 2.05) is 0 Å². The molecule has 0 atom stereocenters. The summed E-state index contributed by atoms with van der Waals surface area (Å²) in [5, 5.41) is 10.5. The number of phenolic OH excluding ortho intramolecular Hbond substituents is 1. The molecule has 198 valence electrons. The van der Waals surface area contributed by atoms with Gasteiger partial charge in [-0.3, -0.25) is 4.72 Å². The summed E-state index contributed by atoms with van der Waals surface area (Å²) in [5.74, 6) is 1.76. The van der Waals surface area contributed by atoms with Crippen molar-refractivity contribution in [3.05, 3.63) is 53.6 Å². The minimum atomic E-state index is -4.08. The fourth-order valence-corrected chi connectivity index (χ4v) is 4.67. The third-order valence-electron chi connectivity index (χ3n) is 5.36. The maximum atomic E-state index is 13.1. The Morgan fingerprint density at radius 2 is 1.19 bits per heavy atom. The largest absolute Gasteiger partial charge is 0.504 e. The molecule has 0 aromatic heterocycles. The second-order valence-corrected chi connectivity index (χ2v) is 9.22. The first-order valence-electron chi connectivity index (χ1n) is 10.8. The van der Waals surface area contributed by atoms with Crippen LogP contribution in [0.25, 0.3) is 12.2 Å². The lowest BCUT2D eigenvalue weighted by Crippen LogP contribution is -2.14. The van der Waals surface area contributed by atoms with Crippen molar-refractivity contribution in [3.8, 4) is 40.2 Å². The first kappa shape index (κ1) is 27.3. The van der Waals surface area contributed by atoms with E-state index in [0.29, 0.717) is 28.6 Å². The van der Waals surface area contributed by atoms with Crippen LogP contribution in [-0.2, 0) is 10.0 Å². The highest BCUT2D eigenvalue weighted by atomic mass is 32.2. The van der Waals surface area contributed by atoms with Crippen molar-refractivity contribution in [2.45, 2.75) is 4.90 Å². The van der Waals surface area contributed by atoms with Crippen molar-refractivity contribution in [2.75, 3.05) is 47.4 Å². The number of phenols is 1. The Labute approximate surface area is 216 Å². The maximum absolute atomic E-state index is 13.1. The van der Waals surface area contributed by atoms with Gasteiger partial charge in [-0.1, -0.05) is 12.2 Å². The SMILES string of the molecule is COc1ccc(S(=O)(=O)Nc2cc(/C=C\c3cc(OC)c(OC)c(OC)c3)cc(O)c2OC)cc1OC. The van der Waals surface area contributed by atoms with Gasteiger partial charge in [0.05, 0.1) is 53.2 Å². The molecule has 0 heterocycles.